The average Bonchev–Trinajstić information content (AvgIpc) is 3.06. The van der Waals surface area contributed by atoms with Crippen molar-refractivity contribution in [1.29, 1.82) is 0 Å². The van der Waals surface area contributed by atoms with Crippen LogP contribution in [0.2, 0.25) is 5.02 Å². The summed E-state index contributed by atoms with van der Waals surface area (Å²) in [5.74, 6) is -0.0811. The molecule has 1 fully saturated rings. The van der Waals surface area contributed by atoms with E-state index in [4.69, 9.17) is 16.0 Å². The van der Waals surface area contributed by atoms with Crippen LogP contribution in [0.15, 0.2) is 46.9 Å². The van der Waals surface area contributed by atoms with E-state index in [9.17, 15) is 9.18 Å². The molecule has 1 aromatic heterocycles. The van der Waals surface area contributed by atoms with E-state index in [0.717, 1.165) is 23.9 Å². The number of benzene rings is 2. The Morgan fingerprint density at radius 1 is 1.16 bits per heavy atom. The van der Waals surface area contributed by atoms with Gasteiger partial charge in [0.05, 0.1) is 10.6 Å². The minimum absolute atomic E-state index is 0.0514. The van der Waals surface area contributed by atoms with Crippen LogP contribution in [0.25, 0.3) is 11.1 Å². The van der Waals surface area contributed by atoms with E-state index >= 15 is 0 Å². The van der Waals surface area contributed by atoms with Gasteiger partial charge < -0.3 is 9.32 Å². The zero-order valence-corrected chi connectivity index (χ0v) is 14.2. The number of likely N-dealkylation sites (tertiary alicyclic amines) is 1. The molecule has 1 aliphatic heterocycles. The molecule has 2 aromatic carbocycles. The lowest BCUT2D eigenvalue weighted by Crippen LogP contribution is -2.38. The van der Waals surface area contributed by atoms with Crippen LogP contribution < -0.4 is 0 Å². The standard InChI is InChI=1S/C19H16ClFN2O2/c20-13-4-3-5-14(21)17(13)19(24)23-10-8-12(9-11-23)18-22-15-6-1-2-7-16(15)25-18/h1-7,12H,8-11H2. The summed E-state index contributed by atoms with van der Waals surface area (Å²) in [6.07, 6.45) is 1.45. The van der Waals surface area contributed by atoms with Crippen molar-refractivity contribution in [1.82, 2.24) is 9.88 Å². The molecule has 4 nitrogen and oxygen atoms in total. The predicted octanol–water partition coefficient (Wildman–Crippen LogP) is 4.64. The monoisotopic (exact) mass is 358 g/mol. The van der Waals surface area contributed by atoms with Crippen molar-refractivity contribution < 1.29 is 13.6 Å². The second kappa shape index (κ2) is 6.48. The van der Waals surface area contributed by atoms with E-state index in [0.29, 0.717) is 19.0 Å². The summed E-state index contributed by atoms with van der Waals surface area (Å²) in [6, 6.07) is 11.9. The maximum atomic E-state index is 14.0. The Labute approximate surface area is 149 Å². The molecule has 0 bridgehead atoms. The number of hydrogen-bond donors (Lipinski definition) is 0. The molecule has 0 atom stereocenters. The first kappa shape index (κ1) is 16.1. The van der Waals surface area contributed by atoms with Crippen molar-refractivity contribution >= 4 is 28.6 Å². The quantitative estimate of drug-likeness (QED) is 0.670. The van der Waals surface area contributed by atoms with E-state index in [1.165, 1.54) is 18.2 Å². The SMILES string of the molecule is O=C(c1c(F)cccc1Cl)N1CCC(c2nc3ccccc3o2)CC1. The van der Waals surface area contributed by atoms with Crippen LogP contribution in [0.1, 0.15) is 35.0 Å². The van der Waals surface area contributed by atoms with Gasteiger partial charge in [0.1, 0.15) is 11.3 Å². The van der Waals surface area contributed by atoms with Gasteiger partial charge in [-0.05, 0) is 37.1 Å². The van der Waals surface area contributed by atoms with E-state index < -0.39 is 5.82 Å². The number of carbonyl (C=O) groups excluding carboxylic acids is 1. The lowest BCUT2D eigenvalue weighted by molar-refractivity contribution is 0.0702. The van der Waals surface area contributed by atoms with Gasteiger partial charge >= 0.3 is 0 Å². The summed E-state index contributed by atoms with van der Waals surface area (Å²) in [6.45, 7) is 1.04. The van der Waals surface area contributed by atoms with Gasteiger partial charge in [-0.3, -0.25) is 4.79 Å². The molecule has 2 heterocycles. The number of halogens is 2. The molecule has 0 N–H and O–H groups in total. The van der Waals surface area contributed by atoms with E-state index in [1.807, 2.05) is 24.3 Å². The highest BCUT2D eigenvalue weighted by molar-refractivity contribution is 6.33. The summed E-state index contributed by atoms with van der Waals surface area (Å²) in [7, 11) is 0. The number of fused-ring (bicyclic) bond motifs is 1. The highest BCUT2D eigenvalue weighted by Crippen LogP contribution is 2.31. The Hall–Kier alpha value is -2.40. The van der Waals surface area contributed by atoms with E-state index in [-0.39, 0.29) is 22.4 Å². The van der Waals surface area contributed by atoms with Crippen LogP contribution in [0.3, 0.4) is 0 Å². The summed E-state index contributed by atoms with van der Waals surface area (Å²) in [5.41, 5.74) is 1.56. The largest absolute Gasteiger partial charge is 0.440 e. The van der Waals surface area contributed by atoms with Crippen LogP contribution in [0, 0.1) is 5.82 Å². The highest BCUT2D eigenvalue weighted by Gasteiger charge is 2.29. The van der Waals surface area contributed by atoms with Gasteiger partial charge in [-0.1, -0.05) is 29.8 Å². The zero-order valence-electron chi connectivity index (χ0n) is 13.4. The molecule has 0 saturated carbocycles. The average molecular weight is 359 g/mol. The number of amides is 1. The van der Waals surface area contributed by atoms with Crippen LogP contribution in [-0.2, 0) is 0 Å². The normalized spacial score (nSPS) is 15.7. The third kappa shape index (κ3) is 3.00. The fourth-order valence-electron chi connectivity index (χ4n) is 3.25. The van der Waals surface area contributed by atoms with Crippen LogP contribution in [0.5, 0.6) is 0 Å². The summed E-state index contributed by atoms with van der Waals surface area (Å²) in [4.78, 5) is 18.8. The number of carbonyl (C=O) groups is 1. The van der Waals surface area contributed by atoms with Gasteiger partial charge in [-0.2, -0.15) is 0 Å². The third-order valence-corrected chi connectivity index (χ3v) is 4.93. The van der Waals surface area contributed by atoms with Gasteiger partial charge in [-0.15, -0.1) is 0 Å². The maximum absolute atomic E-state index is 14.0. The van der Waals surface area contributed by atoms with Crippen molar-refractivity contribution in [3.63, 3.8) is 0 Å². The summed E-state index contributed by atoms with van der Waals surface area (Å²) >= 11 is 6.00. The Morgan fingerprint density at radius 3 is 2.64 bits per heavy atom. The van der Waals surface area contributed by atoms with Crippen molar-refractivity contribution in [2.75, 3.05) is 13.1 Å². The highest BCUT2D eigenvalue weighted by atomic mass is 35.5. The van der Waals surface area contributed by atoms with Gasteiger partial charge in [-0.25, -0.2) is 9.37 Å². The van der Waals surface area contributed by atoms with Gasteiger partial charge in [0.2, 0.25) is 0 Å². The van der Waals surface area contributed by atoms with Gasteiger partial charge in [0.25, 0.3) is 5.91 Å². The molecule has 1 saturated heterocycles. The van der Waals surface area contributed by atoms with Crippen molar-refractivity contribution in [3.05, 3.63) is 64.8 Å². The van der Waals surface area contributed by atoms with Crippen LogP contribution in [0.4, 0.5) is 4.39 Å². The Balaban J connectivity index is 1.48. The van der Waals surface area contributed by atoms with Crippen molar-refractivity contribution in [2.24, 2.45) is 0 Å². The Kier molecular flexibility index (Phi) is 4.17. The molecule has 3 aromatic rings. The number of para-hydroxylation sites is 2. The fourth-order valence-corrected chi connectivity index (χ4v) is 3.50. The molecule has 1 amide bonds. The summed E-state index contributed by atoms with van der Waals surface area (Å²) in [5, 5.41) is 0.145. The van der Waals surface area contributed by atoms with Gasteiger partial charge in [0, 0.05) is 19.0 Å². The molecular formula is C19H16ClFN2O2. The number of nitrogens with zero attached hydrogens (tertiary/aromatic N) is 2. The fraction of sp³-hybridized carbons (Fsp3) is 0.263. The van der Waals surface area contributed by atoms with Gasteiger partial charge in [0.15, 0.2) is 11.5 Å². The molecule has 0 radical (unpaired) electrons. The molecule has 0 aliphatic carbocycles. The molecular weight excluding hydrogens is 343 g/mol. The molecule has 128 valence electrons. The van der Waals surface area contributed by atoms with Crippen molar-refractivity contribution in [3.8, 4) is 0 Å². The van der Waals surface area contributed by atoms with Crippen LogP contribution in [-0.4, -0.2) is 28.9 Å². The first-order chi connectivity index (χ1) is 12.1. The molecule has 25 heavy (non-hydrogen) atoms. The molecule has 1 aliphatic rings. The molecule has 4 rings (SSSR count). The predicted molar refractivity (Wildman–Crippen MR) is 93.3 cm³/mol. The minimum atomic E-state index is -0.585. The zero-order chi connectivity index (χ0) is 17.4. The lowest BCUT2D eigenvalue weighted by atomic mass is 9.96. The molecule has 0 unspecified atom stereocenters. The second-order valence-corrected chi connectivity index (χ2v) is 6.59. The lowest BCUT2D eigenvalue weighted by Gasteiger charge is -2.31. The Bertz CT molecular complexity index is 879. The molecule has 6 heteroatoms. The smallest absolute Gasteiger partial charge is 0.258 e. The van der Waals surface area contributed by atoms with Crippen molar-refractivity contribution in [2.45, 2.75) is 18.8 Å². The minimum Gasteiger partial charge on any atom is -0.440 e. The van der Waals surface area contributed by atoms with E-state index in [2.05, 4.69) is 4.98 Å². The topological polar surface area (TPSA) is 46.3 Å². The van der Waals surface area contributed by atoms with Crippen LogP contribution >= 0.6 is 11.6 Å². The molecule has 0 spiro atoms. The number of aromatic nitrogens is 1. The first-order valence-corrected chi connectivity index (χ1v) is 8.60. The number of rotatable bonds is 2. The number of piperidine rings is 1. The second-order valence-electron chi connectivity index (χ2n) is 6.18. The number of oxazole rings is 1. The first-order valence-electron chi connectivity index (χ1n) is 8.22. The maximum Gasteiger partial charge on any atom is 0.258 e. The summed E-state index contributed by atoms with van der Waals surface area (Å²) < 4.78 is 19.8. The van der Waals surface area contributed by atoms with E-state index in [1.54, 1.807) is 4.90 Å². The third-order valence-electron chi connectivity index (χ3n) is 4.62. The Morgan fingerprint density at radius 2 is 1.92 bits per heavy atom. The number of hydrogen-bond acceptors (Lipinski definition) is 3.